The summed E-state index contributed by atoms with van der Waals surface area (Å²) in [6.07, 6.45) is 1.54. The molecule has 7 heteroatoms. The lowest BCUT2D eigenvalue weighted by Crippen LogP contribution is -2.43. The molecule has 28 heavy (non-hydrogen) atoms. The monoisotopic (exact) mass is 381 g/mol. The zero-order chi connectivity index (χ0) is 19.5. The number of ether oxygens (including phenoxy) is 2. The number of hydrogen-bond donors (Lipinski definition) is 1. The van der Waals surface area contributed by atoms with E-state index in [1.165, 1.54) is 0 Å². The summed E-state index contributed by atoms with van der Waals surface area (Å²) < 4.78 is 11.1. The zero-order valence-corrected chi connectivity index (χ0v) is 15.8. The summed E-state index contributed by atoms with van der Waals surface area (Å²) >= 11 is 0. The summed E-state index contributed by atoms with van der Waals surface area (Å²) in [5.41, 5.74) is 1.39. The highest BCUT2D eigenvalue weighted by Gasteiger charge is 2.29. The third-order valence-electron chi connectivity index (χ3n) is 5.01. The molecule has 0 radical (unpaired) electrons. The normalized spacial score (nSPS) is 18.5. The van der Waals surface area contributed by atoms with Crippen LogP contribution in [0.4, 0.5) is 5.82 Å². The Morgan fingerprint density at radius 2 is 1.96 bits per heavy atom. The second kappa shape index (κ2) is 7.88. The van der Waals surface area contributed by atoms with Gasteiger partial charge in [0.25, 0.3) is 5.91 Å². The fourth-order valence-corrected chi connectivity index (χ4v) is 3.58. The quantitative estimate of drug-likeness (QED) is 0.884. The lowest BCUT2D eigenvalue weighted by atomic mass is 9.96. The van der Waals surface area contributed by atoms with Crippen molar-refractivity contribution >= 4 is 17.6 Å². The molecule has 1 N–H and O–H groups in total. The fourth-order valence-electron chi connectivity index (χ4n) is 3.58. The zero-order valence-electron chi connectivity index (χ0n) is 15.8. The van der Waals surface area contributed by atoms with Crippen molar-refractivity contribution in [2.75, 3.05) is 31.6 Å². The van der Waals surface area contributed by atoms with Gasteiger partial charge in [-0.15, -0.1) is 0 Å². The molecule has 2 amide bonds. The number of piperidine rings is 1. The molecular weight excluding hydrogens is 358 g/mol. The highest BCUT2D eigenvalue weighted by atomic mass is 16.6. The smallest absolute Gasteiger partial charge is 0.254 e. The van der Waals surface area contributed by atoms with E-state index in [4.69, 9.17) is 9.47 Å². The highest BCUT2D eigenvalue weighted by Crippen LogP contribution is 2.31. The maximum Gasteiger partial charge on any atom is 0.254 e. The molecule has 1 aromatic heterocycles. The van der Waals surface area contributed by atoms with E-state index in [1.807, 2.05) is 19.1 Å². The van der Waals surface area contributed by atoms with Gasteiger partial charge in [0.05, 0.1) is 5.92 Å². The maximum atomic E-state index is 12.9. The van der Waals surface area contributed by atoms with Gasteiger partial charge in [-0.25, -0.2) is 4.98 Å². The van der Waals surface area contributed by atoms with Gasteiger partial charge >= 0.3 is 0 Å². The molecule has 1 atom stereocenters. The number of likely N-dealkylation sites (tertiary alicyclic amines) is 1. The minimum absolute atomic E-state index is 0.0943. The lowest BCUT2D eigenvalue weighted by molar-refractivity contribution is -0.121. The molecule has 7 nitrogen and oxygen atoms in total. The predicted molar refractivity (Wildman–Crippen MR) is 104 cm³/mol. The van der Waals surface area contributed by atoms with E-state index in [-0.39, 0.29) is 17.7 Å². The van der Waals surface area contributed by atoms with Gasteiger partial charge in [-0.3, -0.25) is 9.59 Å². The van der Waals surface area contributed by atoms with Crippen LogP contribution in [-0.4, -0.2) is 48.0 Å². The number of nitrogens with one attached hydrogen (secondary N) is 1. The number of rotatable bonds is 3. The van der Waals surface area contributed by atoms with Crippen molar-refractivity contribution < 1.29 is 19.1 Å². The Hall–Kier alpha value is -3.09. The number of nitrogens with zero attached hydrogens (tertiary/aromatic N) is 2. The van der Waals surface area contributed by atoms with E-state index in [9.17, 15) is 9.59 Å². The number of aromatic nitrogens is 1. The molecule has 1 fully saturated rings. The minimum Gasteiger partial charge on any atom is -0.486 e. The van der Waals surface area contributed by atoms with Gasteiger partial charge in [0.1, 0.15) is 19.0 Å². The largest absolute Gasteiger partial charge is 0.486 e. The van der Waals surface area contributed by atoms with Crippen LogP contribution in [-0.2, 0) is 4.79 Å². The van der Waals surface area contributed by atoms with Crippen molar-refractivity contribution in [2.24, 2.45) is 5.92 Å². The second-order valence-electron chi connectivity index (χ2n) is 7.10. The second-order valence-corrected chi connectivity index (χ2v) is 7.10. The fraction of sp³-hybridized carbons (Fsp3) is 0.381. The molecule has 2 aliphatic rings. The summed E-state index contributed by atoms with van der Waals surface area (Å²) in [7, 11) is 0. The van der Waals surface area contributed by atoms with E-state index in [0.717, 1.165) is 18.5 Å². The third kappa shape index (κ3) is 3.93. The van der Waals surface area contributed by atoms with Crippen LogP contribution < -0.4 is 14.8 Å². The van der Waals surface area contributed by atoms with E-state index < -0.39 is 0 Å². The number of hydrogen-bond acceptors (Lipinski definition) is 5. The number of aryl methyl sites for hydroxylation is 1. The molecule has 2 aliphatic heterocycles. The van der Waals surface area contributed by atoms with Gasteiger partial charge in [-0.1, -0.05) is 6.07 Å². The average Bonchev–Trinajstić information content (AvgIpc) is 2.73. The van der Waals surface area contributed by atoms with Crippen LogP contribution in [0, 0.1) is 12.8 Å². The van der Waals surface area contributed by atoms with E-state index >= 15 is 0 Å². The number of benzene rings is 1. The summed E-state index contributed by atoms with van der Waals surface area (Å²) in [5, 5.41) is 2.87. The molecule has 146 valence electrons. The molecule has 1 aromatic carbocycles. The lowest BCUT2D eigenvalue weighted by Gasteiger charge is -2.32. The Morgan fingerprint density at radius 3 is 2.79 bits per heavy atom. The number of carbonyl (C=O) groups is 2. The summed E-state index contributed by atoms with van der Waals surface area (Å²) in [5.74, 6) is 1.34. The Balaban J connectivity index is 1.43. The Bertz CT molecular complexity index is 899. The molecule has 3 heterocycles. The van der Waals surface area contributed by atoms with Crippen molar-refractivity contribution in [2.45, 2.75) is 19.8 Å². The first-order valence-corrected chi connectivity index (χ1v) is 9.53. The number of pyridine rings is 1. The topological polar surface area (TPSA) is 80.8 Å². The van der Waals surface area contributed by atoms with Crippen LogP contribution in [0.25, 0.3) is 0 Å². The SMILES string of the molecule is Cc1cccc(NC(=O)[C@@H]2CCCN(C(=O)c3ccc4c(c3)OCCO4)C2)n1. The van der Waals surface area contributed by atoms with Crippen molar-refractivity contribution in [3.63, 3.8) is 0 Å². The molecular formula is C21H23N3O4. The van der Waals surface area contributed by atoms with Crippen LogP contribution in [0.5, 0.6) is 11.5 Å². The van der Waals surface area contributed by atoms with Gasteiger partial charge in [0, 0.05) is 24.3 Å². The van der Waals surface area contributed by atoms with Gasteiger partial charge in [-0.2, -0.15) is 0 Å². The van der Waals surface area contributed by atoms with Gasteiger partial charge in [0.2, 0.25) is 5.91 Å². The first-order valence-electron chi connectivity index (χ1n) is 9.53. The molecule has 0 saturated carbocycles. The predicted octanol–water partition coefficient (Wildman–Crippen LogP) is 2.65. The minimum atomic E-state index is -0.253. The third-order valence-corrected chi connectivity index (χ3v) is 5.01. The molecule has 4 rings (SSSR count). The van der Waals surface area contributed by atoms with Crippen molar-refractivity contribution in [3.05, 3.63) is 47.7 Å². The van der Waals surface area contributed by atoms with E-state index in [2.05, 4.69) is 10.3 Å². The Kier molecular flexibility index (Phi) is 5.14. The Morgan fingerprint density at radius 1 is 1.14 bits per heavy atom. The molecule has 1 saturated heterocycles. The maximum absolute atomic E-state index is 12.9. The standard InChI is InChI=1S/C21H23N3O4/c1-14-4-2-6-19(22-14)23-20(25)16-5-3-9-24(13-16)21(26)15-7-8-17-18(12-15)28-11-10-27-17/h2,4,6-8,12,16H,3,5,9-11,13H2,1H3,(H,22,23,25)/t16-/m1/s1. The van der Waals surface area contributed by atoms with Crippen LogP contribution in [0.3, 0.4) is 0 Å². The van der Waals surface area contributed by atoms with Crippen LogP contribution >= 0.6 is 0 Å². The van der Waals surface area contributed by atoms with Gasteiger partial charge in [0.15, 0.2) is 11.5 Å². The average molecular weight is 381 g/mol. The van der Waals surface area contributed by atoms with Crippen molar-refractivity contribution in [1.82, 2.24) is 9.88 Å². The Labute approximate surface area is 163 Å². The van der Waals surface area contributed by atoms with Crippen LogP contribution in [0.1, 0.15) is 28.9 Å². The molecule has 0 unspecified atom stereocenters. The number of anilines is 1. The van der Waals surface area contributed by atoms with Crippen LogP contribution in [0.2, 0.25) is 0 Å². The highest BCUT2D eigenvalue weighted by molar-refractivity contribution is 5.96. The van der Waals surface area contributed by atoms with E-state index in [1.54, 1.807) is 29.2 Å². The summed E-state index contributed by atoms with van der Waals surface area (Å²) in [4.78, 5) is 31.6. The van der Waals surface area contributed by atoms with Crippen LogP contribution in [0.15, 0.2) is 36.4 Å². The molecule has 0 aliphatic carbocycles. The summed E-state index contributed by atoms with van der Waals surface area (Å²) in [6.45, 7) is 3.90. The van der Waals surface area contributed by atoms with Crippen molar-refractivity contribution in [3.8, 4) is 11.5 Å². The first-order chi connectivity index (χ1) is 13.6. The number of fused-ring (bicyclic) bond motifs is 1. The molecule has 2 aromatic rings. The van der Waals surface area contributed by atoms with Gasteiger partial charge < -0.3 is 19.7 Å². The molecule has 0 bridgehead atoms. The number of amides is 2. The molecule has 0 spiro atoms. The van der Waals surface area contributed by atoms with E-state index in [0.29, 0.717) is 49.2 Å². The van der Waals surface area contributed by atoms with Crippen molar-refractivity contribution in [1.29, 1.82) is 0 Å². The summed E-state index contributed by atoms with van der Waals surface area (Å²) in [6, 6.07) is 10.7. The van der Waals surface area contributed by atoms with Gasteiger partial charge in [-0.05, 0) is 50.1 Å². The number of carbonyl (C=O) groups excluding carboxylic acids is 2. The first kappa shape index (κ1) is 18.3.